The maximum atomic E-state index is 7.00. The van der Waals surface area contributed by atoms with Gasteiger partial charge in [0.15, 0.2) is 5.82 Å². The molecule has 7 aromatic rings. The Morgan fingerprint density at radius 1 is 0.518 bits per heavy atom. The first-order chi connectivity index (χ1) is 27.8. The van der Waals surface area contributed by atoms with Gasteiger partial charge in [-0.25, -0.2) is 9.97 Å². The molecule has 1 aromatic heterocycles. The van der Waals surface area contributed by atoms with E-state index in [4.69, 9.17) is 14.7 Å². The SMILES string of the molecule is C1=CC(c2cc(-c3ccccc3)nc(-c3cccc(C4C=CC(c5cccc6c5Oc5ccccc5C65c6ccccc6-c6ccccc65)CC4)c3)n2)CCC1. The standard InChI is InChI=1S/C53H42N2O/c1-3-15-37(16-4-1)48-34-49(38-17-5-2-6-18-38)55-52(54-48)40-20-13-19-39(33-40)35-29-31-36(32-30-35)41-23-14-27-47-51(41)56-50-28-12-11-26-46(50)53(47)44-24-9-7-21-42(44)43-22-8-10-25-45(43)53/h1,3-5,7-17,19-29,31,33-36,38H,2,6,18,30,32H2. The van der Waals surface area contributed by atoms with Gasteiger partial charge in [0.25, 0.3) is 0 Å². The molecule has 56 heavy (non-hydrogen) atoms. The number of fused-ring (bicyclic) bond motifs is 9. The fraction of sp³-hybridized carbons (Fsp3) is 0.170. The normalized spacial score (nSPS) is 19.8. The number of nitrogens with zero attached hydrogens (tertiary/aromatic N) is 2. The highest BCUT2D eigenvalue weighted by Crippen LogP contribution is 2.63. The zero-order valence-electron chi connectivity index (χ0n) is 31.3. The van der Waals surface area contributed by atoms with Crippen LogP contribution in [0.3, 0.4) is 0 Å². The number of benzene rings is 6. The van der Waals surface area contributed by atoms with Gasteiger partial charge in [0.1, 0.15) is 11.5 Å². The van der Waals surface area contributed by atoms with Crippen molar-refractivity contribution < 1.29 is 4.74 Å². The van der Waals surface area contributed by atoms with Gasteiger partial charge in [-0.3, -0.25) is 0 Å². The van der Waals surface area contributed by atoms with E-state index in [1.54, 1.807) is 0 Å². The van der Waals surface area contributed by atoms with Gasteiger partial charge in [0, 0.05) is 45.6 Å². The Bertz CT molecular complexity index is 2640. The van der Waals surface area contributed by atoms with E-state index in [0.29, 0.717) is 11.8 Å². The average Bonchev–Trinajstić information content (AvgIpc) is 3.57. The zero-order valence-corrected chi connectivity index (χ0v) is 31.3. The van der Waals surface area contributed by atoms with Crippen LogP contribution in [-0.4, -0.2) is 9.97 Å². The predicted octanol–water partition coefficient (Wildman–Crippen LogP) is 13.3. The highest BCUT2D eigenvalue weighted by molar-refractivity contribution is 5.88. The minimum atomic E-state index is -0.443. The van der Waals surface area contributed by atoms with Gasteiger partial charge >= 0.3 is 0 Å². The molecule has 270 valence electrons. The van der Waals surface area contributed by atoms with Crippen LogP contribution in [0.15, 0.2) is 176 Å². The van der Waals surface area contributed by atoms with Crippen molar-refractivity contribution in [3.8, 4) is 45.3 Å². The lowest BCUT2D eigenvalue weighted by Gasteiger charge is -2.40. The van der Waals surface area contributed by atoms with Gasteiger partial charge in [-0.05, 0) is 78.1 Å². The molecule has 3 unspecified atom stereocenters. The van der Waals surface area contributed by atoms with Gasteiger partial charge in [0.05, 0.1) is 16.8 Å². The van der Waals surface area contributed by atoms with Crippen LogP contribution in [0.4, 0.5) is 0 Å². The van der Waals surface area contributed by atoms with Crippen molar-refractivity contribution in [1.82, 2.24) is 9.97 Å². The van der Waals surface area contributed by atoms with Crippen LogP contribution in [-0.2, 0) is 5.41 Å². The number of allylic oxidation sites excluding steroid dienone is 4. The third kappa shape index (κ3) is 5.25. The predicted molar refractivity (Wildman–Crippen MR) is 226 cm³/mol. The molecule has 1 spiro atoms. The van der Waals surface area contributed by atoms with Gasteiger partial charge < -0.3 is 4.74 Å². The quantitative estimate of drug-likeness (QED) is 0.166. The Kier molecular flexibility index (Phi) is 7.94. The molecule has 0 amide bonds. The summed E-state index contributed by atoms with van der Waals surface area (Å²) < 4.78 is 7.00. The van der Waals surface area contributed by atoms with Crippen molar-refractivity contribution in [2.24, 2.45) is 0 Å². The second-order valence-electron chi connectivity index (χ2n) is 15.8. The van der Waals surface area contributed by atoms with Gasteiger partial charge in [-0.15, -0.1) is 0 Å². The summed E-state index contributed by atoms with van der Waals surface area (Å²) in [6.45, 7) is 0. The number of hydrogen-bond donors (Lipinski definition) is 0. The molecule has 3 aliphatic carbocycles. The summed E-state index contributed by atoms with van der Waals surface area (Å²) in [5.41, 5.74) is 14.1. The molecule has 0 N–H and O–H groups in total. The van der Waals surface area contributed by atoms with Gasteiger partial charge in [-0.2, -0.15) is 0 Å². The van der Waals surface area contributed by atoms with E-state index in [0.717, 1.165) is 65.5 Å². The number of aromatic nitrogens is 2. The van der Waals surface area contributed by atoms with Crippen molar-refractivity contribution in [2.45, 2.75) is 55.3 Å². The lowest BCUT2D eigenvalue weighted by molar-refractivity contribution is 0.425. The lowest BCUT2D eigenvalue weighted by atomic mass is 9.65. The van der Waals surface area contributed by atoms with E-state index in [-0.39, 0.29) is 5.92 Å². The molecule has 0 bridgehead atoms. The Morgan fingerprint density at radius 3 is 1.96 bits per heavy atom. The molecular formula is C53H42N2O. The van der Waals surface area contributed by atoms with E-state index in [1.165, 1.54) is 50.9 Å². The fourth-order valence-electron chi connectivity index (χ4n) is 10.1. The van der Waals surface area contributed by atoms with Crippen LogP contribution < -0.4 is 4.74 Å². The van der Waals surface area contributed by atoms with Crippen molar-refractivity contribution in [1.29, 1.82) is 0 Å². The average molecular weight is 723 g/mol. The topological polar surface area (TPSA) is 35.0 Å². The largest absolute Gasteiger partial charge is 0.456 e. The van der Waals surface area contributed by atoms with Crippen LogP contribution in [0.2, 0.25) is 0 Å². The Hall–Kier alpha value is -6.32. The van der Waals surface area contributed by atoms with Crippen LogP contribution in [0.1, 0.15) is 88.9 Å². The molecule has 11 rings (SSSR count). The smallest absolute Gasteiger partial charge is 0.160 e. The second-order valence-corrected chi connectivity index (χ2v) is 15.8. The van der Waals surface area contributed by atoms with Crippen molar-refractivity contribution >= 4 is 0 Å². The maximum absolute atomic E-state index is 7.00. The number of ether oxygens (including phenoxy) is 1. The molecule has 0 saturated carbocycles. The fourth-order valence-corrected chi connectivity index (χ4v) is 10.1. The van der Waals surface area contributed by atoms with Crippen LogP contribution in [0.25, 0.3) is 33.8 Å². The first-order valence-corrected chi connectivity index (χ1v) is 20.3. The maximum Gasteiger partial charge on any atom is 0.160 e. The zero-order chi connectivity index (χ0) is 37.1. The molecular weight excluding hydrogens is 681 g/mol. The molecule has 2 heterocycles. The lowest BCUT2D eigenvalue weighted by Crippen LogP contribution is -2.32. The van der Waals surface area contributed by atoms with E-state index < -0.39 is 5.41 Å². The number of rotatable bonds is 5. The minimum Gasteiger partial charge on any atom is -0.456 e. The molecule has 3 heteroatoms. The summed E-state index contributed by atoms with van der Waals surface area (Å²) >= 11 is 0. The van der Waals surface area contributed by atoms with E-state index in [2.05, 4.69) is 176 Å². The summed E-state index contributed by atoms with van der Waals surface area (Å²) in [5.74, 6) is 3.63. The highest BCUT2D eigenvalue weighted by atomic mass is 16.5. The molecule has 1 aliphatic heterocycles. The third-order valence-corrected chi connectivity index (χ3v) is 12.7. The Balaban J connectivity index is 0.952. The summed E-state index contributed by atoms with van der Waals surface area (Å²) in [6.07, 6.45) is 15.1. The highest BCUT2D eigenvalue weighted by Gasteiger charge is 2.51. The second kappa shape index (κ2) is 13.5. The van der Waals surface area contributed by atoms with Crippen LogP contribution in [0.5, 0.6) is 11.5 Å². The minimum absolute atomic E-state index is 0.246. The molecule has 0 saturated heterocycles. The number of hydrogen-bond acceptors (Lipinski definition) is 3. The third-order valence-electron chi connectivity index (χ3n) is 12.7. The summed E-state index contributed by atoms with van der Waals surface area (Å²) in [7, 11) is 0. The van der Waals surface area contributed by atoms with Crippen molar-refractivity contribution in [2.75, 3.05) is 0 Å². The summed E-state index contributed by atoms with van der Waals surface area (Å²) in [4.78, 5) is 10.4. The van der Waals surface area contributed by atoms with Crippen molar-refractivity contribution in [3.05, 3.63) is 215 Å². The summed E-state index contributed by atoms with van der Waals surface area (Å²) in [5, 5.41) is 0. The molecule has 6 aromatic carbocycles. The monoisotopic (exact) mass is 722 g/mol. The molecule has 0 radical (unpaired) electrons. The molecule has 0 fully saturated rings. The van der Waals surface area contributed by atoms with Gasteiger partial charge in [-0.1, -0.05) is 158 Å². The number of para-hydroxylation sites is 2. The Morgan fingerprint density at radius 2 is 1.20 bits per heavy atom. The van der Waals surface area contributed by atoms with Crippen LogP contribution in [0, 0.1) is 0 Å². The first-order valence-electron chi connectivity index (χ1n) is 20.3. The van der Waals surface area contributed by atoms with Crippen LogP contribution >= 0.6 is 0 Å². The van der Waals surface area contributed by atoms with Gasteiger partial charge in [0.2, 0.25) is 0 Å². The first kappa shape index (κ1) is 33.1. The molecule has 3 nitrogen and oxygen atoms in total. The molecule has 3 atom stereocenters. The van der Waals surface area contributed by atoms with Crippen molar-refractivity contribution in [3.63, 3.8) is 0 Å². The van der Waals surface area contributed by atoms with E-state index in [1.807, 2.05) is 0 Å². The summed E-state index contributed by atoms with van der Waals surface area (Å²) in [6, 6.07) is 55.1. The Labute approximate surface area is 329 Å². The van der Waals surface area contributed by atoms with E-state index >= 15 is 0 Å². The van der Waals surface area contributed by atoms with E-state index in [9.17, 15) is 0 Å². The molecule has 4 aliphatic rings.